The molecule has 0 unspecified atom stereocenters. The van der Waals surface area contributed by atoms with Gasteiger partial charge in [0.05, 0.1) is 6.17 Å². The van der Waals surface area contributed by atoms with Gasteiger partial charge in [-0.2, -0.15) is 0 Å². The van der Waals surface area contributed by atoms with E-state index in [4.69, 9.17) is 0 Å². The minimum Gasteiger partial charge on any atom is -0.352 e. The number of nitrogens with zero attached hydrogens (tertiary/aromatic N) is 4. The van der Waals surface area contributed by atoms with E-state index < -0.39 is 0 Å². The van der Waals surface area contributed by atoms with Crippen LogP contribution in [0.3, 0.4) is 0 Å². The molecule has 0 amide bonds. The summed E-state index contributed by atoms with van der Waals surface area (Å²) < 4.78 is 4.13. The number of hydrogen-bond acceptors (Lipinski definition) is 2. The van der Waals surface area contributed by atoms with Gasteiger partial charge in [0.2, 0.25) is 6.33 Å². The van der Waals surface area contributed by atoms with Crippen LogP contribution in [-0.4, -0.2) is 20.5 Å². The smallest absolute Gasteiger partial charge is 0.244 e. The minimum absolute atomic E-state index is 0.399. The summed E-state index contributed by atoms with van der Waals surface area (Å²) in [6.07, 6.45) is 14.6. The van der Waals surface area contributed by atoms with Crippen LogP contribution in [0.2, 0.25) is 0 Å². The Morgan fingerprint density at radius 1 is 0.839 bits per heavy atom. The fraction of sp³-hybridized carbons (Fsp3) is 0.222. The van der Waals surface area contributed by atoms with Crippen molar-refractivity contribution in [2.45, 2.75) is 39.3 Å². The average Bonchev–Trinajstić information content (AvgIpc) is 3.38. The molecule has 0 bridgehead atoms. The average molecular weight is 414 g/mol. The molecule has 0 radical (unpaired) electrons. The molecule has 31 heavy (non-hydrogen) atoms. The molecule has 0 spiro atoms. The largest absolute Gasteiger partial charge is 0.352 e. The Hall–Kier alpha value is -3.53. The van der Waals surface area contributed by atoms with Crippen molar-refractivity contribution in [3.8, 4) is 0 Å². The first-order valence-electron chi connectivity index (χ1n) is 10.7. The summed E-state index contributed by atoms with van der Waals surface area (Å²) in [6.45, 7) is 13.2. The molecule has 3 aromatic rings. The van der Waals surface area contributed by atoms with Crippen LogP contribution < -0.4 is 4.57 Å². The van der Waals surface area contributed by atoms with Crippen LogP contribution in [0.1, 0.15) is 18.1 Å². The molecule has 1 aliphatic heterocycles. The molecule has 0 aliphatic carbocycles. The van der Waals surface area contributed by atoms with Gasteiger partial charge in [0.1, 0.15) is 25.5 Å². The van der Waals surface area contributed by atoms with E-state index in [1.807, 2.05) is 30.9 Å². The number of hydrogen-bond donors (Lipinski definition) is 0. The van der Waals surface area contributed by atoms with Crippen molar-refractivity contribution in [2.75, 3.05) is 0 Å². The Kier molecular flexibility index (Phi) is 8.29. The lowest BCUT2D eigenvalue weighted by atomic mass is 10.2. The molecular weight excluding hydrogens is 380 g/mol. The van der Waals surface area contributed by atoms with E-state index in [2.05, 4.69) is 112 Å². The summed E-state index contributed by atoms with van der Waals surface area (Å²) in [5, 5.41) is 0. The Balaban J connectivity index is 0.000000210. The summed E-state index contributed by atoms with van der Waals surface area (Å²) in [4.78, 5) is 4.75. The van der Waals surface area contributed by atoms with Crippen LogP contribution in [0.15, 0.2) is 117 Å². The van der Waals surface area contributed by atoms with E-state index in [0.29, 0.717) is 6.17 Å². The van der Waals surface area contributed by atoms with Gasteiger partial charge < -0.3 is 9.80 Å². The van der Waals surface area contributed by atoms with Crippen LogP contribution in [-0.2, 0) is 26.2 Å². The zero-order chi connectivity index (χ0) is 21.9. The number of allylic oxidation sites excluding steroid dienone is 2. The highest BCUT2D eigenvalue weighted by molar-refractivity contribution is 5.17. The van der Waals surface area contributed by atoms with E-state index in [0.717, 1.165) is 26.2 Å². The predicted octanol–water partition coefficient (Wildman–Crippen LogP) is 4.97. The number of benzene rings is 2. The summed E-state index contributed by atoms with van der Waals surface area (Å²) in [7, 11) is 0. The first-order chi connectivity index (χ1) is 15.2. The second kappa shape index (κ2) is 11.6. The molecule has 4 nitrogen and oxygen atoms in total. The summed E-state index contributed by atoms with van der Waals surface area (Å²) in [6, 6.07) is 21.2. The van der Waals surface area contributed by atoms with Crippen molar-refractivity contribution >= 4 is 0 Å². The summed E-state index contributed by atoms with van der Waals surface area (Å²) in [5.41, 5.74) is 2.70. The van der Waals surface area contributed by atoms with E-state index in [1.165, 1.54) is 11.1 Å². The highest BCUT2D eigenvalue weighted by Crippen LogP contribution is 2.20. The minimum atomic E-state index is 0.399. The lowest BCUT2D eigenvalue weighted by Gasteiger charge is -2.30. The van der Waals surface area contributed by atoms with E-state index in [9.17, 15) is 0 Å². The number of aromatic nitrogens is 2. The van der Waals surface area contributed by atoms with Crippen LogP contribution >= 0.6 is 0 Å². The van der Waals surface area contributed by atoms with Gasteiger partial charge in [-0.05, 0) is 18.1 Å². The zero-order valence-electron chi connectivity index (χ0n) is 18.4. The predicted molar refractivity (Wildman–Crippen MR) is 128 cm³/mol. The van der Waals surface area contributed by atoms with Crippen molar-refractivity contribution in [1.29, 1.82) is 0 Å². The Morgan fingerprint density at radius 2 is 1.39 bits per heavy atom. The first-order valence-corrected chi connectivity index (χ1v) is 10.7. The molecule has 0 atom stereocenters. The van der Waals surface area contributed by atoms with Crippen LogP contribution in [0.25, 0.3) is 0 Å². The third kappa shape index (κ3) is 6.75. The Labute approximate surface area is 186 Å². The highest BCUT2D eigenvalue weighted by atomic mass is 15.4. The number of imidazole rings is 1. The normalized spacial score (nSPS) is 13.1. The fourth-order valence-electron chi connectivity index (χ4n) is 3.52. The molecule has 0 saturated carbocycles. The maximum atomic E-state index is 3.66. The van der Waals surface area contributed by atoms with E-state index in [1.54, 1.807) is 0 Å². The fourth-order valence-corrected chi connectivity index (χ4v) is 3.52. The Morgan fingerprint density at radius 3 is 1.87 bits per heavy atom. The maximum Gasteiger partial charge on any atom is 0.244 e. The van der Waals surface area contributed by atoms with Gasteiger partial charge in [-0.3, -0.25) is 0 Å². The van der Waals surface area contributed by atoms with Gasteiger partial charge in [-0.1, -0.05) is 86.0 Å². The van der Waals surface area contributed by atoms with Crippen molar-refractivity contribution < 1.29 is 4.57 Å². The van der Waals surface area contributed by atoms with E-state index in [-0.39, 0.29) is 0 Å². The van der Waals surface area contributed by atoms with Gasteiger partial charge in [-0.15, -0.1) is 0 Å². The third-order valence-electron chi connectivity index (χ3n) is 5.25. The zero-order valence-corrected chi connectivity index (χ0v) is 18.4. The maximum absolute atomic E-state index is 3.66. The summed E-state index contributed by atoms with van der Waals surface area (Å²) >= 11 is 0. The van der Waals surface area contributed by atoms with Gasteiger partial charge in [0.15, 0.2) is 0 Å². The van der Waals surface area contributed by atoms with Crippen LogP contribution in [0.4, 0.5) is 0 Å². The van der Waals surface area contributed by atoms with Crippen molar-refractivity contribution in [3.05, 3.63) is 128 Å². The van der Waals surface area contributed by atoms with Gasteiger partial charge in [0.25, 0.3) is 0 Å². The molecule has 1 aliphatic rings. The second-order valence-electron chi connectivity index (χ2n) is 7.63. The van der Waals surface area contributed by atoms with Gasteiger partial charge >= 0.3 is 0 Å². The monoisotopic (exact) mass is 413 g/mol. The van der Waals surface area contributed by atoms with E-state index >= 15 is 0 Å². The summed E-state index contributed by atoms with van der Waals surface area (Å²) in [5.74, 6) is 0. The van der Waals surface area contributed by atoms with Crippen molar-refractivity contribution in [3.63, 3.8) is 0 Å². The molecule has 4 rings (SSSR count). The molecule has 160 valence electrons. The highest BCUT2D eigenvalue weighted by Gasteiger charge is 2.21. The molecule has 0 fully saturated rings. The second-order valence-corrected chi connectivity index (χ2v) is 7.63. The van der Waals surface area contributed by atoms with Gasteiger partial charge in [0, 0.05) is 25.5 Å². The molecule has 0 saturated heterocycles. The number of rotatable bonds is 8. The van der Waals surface area contributed by atoms with Crippen LogP contribution in [0, 0.1) is 0 Å². The molecule has 4 heteroatoms. The lowest BCUT2D eigenvalue weighted by molar-refractivity contribution is -0.686. The Bertz CT molecular complexity index is 883. The van der Waals surface area contributed by atoms with Crippen LogP contribution in [0.5, 0.6) is 0 Å². The SMILES string of the molecule is C=CCn1cc[n+](CC=C)c1.CC1N(Cc2ccccc2)C=CN1Cc1ccccc1. The molecule has 0 N–H and O–H groups in total. The quantitative estimate of drug-likeness (QED) is 0.383. The standard InChI is InChI=1S/C18H20N2.C9H13N2/c1-16-19(14-17-8-4-2-5-9-17)12-13-20(16)15-18-10-6-3-7-11-18;1-3-5-10-7-8-11(9-10)6-4-2/h2-13,16H,14-15H2,1H3;3-4,7-9H,1-2,5-6H2/q;+1. The topological polar surface area (TPSA) is 15.3 Å². The van der Waals surface area contributed by atoms with Crippen molar-refractivity contribution in [2.24, 2.45) is 0 Å². The third-order valence-corrected chi connectivity index (χ3v) is 5.25. The first kappa shape index (κ1) is 22.2. The molecule has 2 aromatic carbocycles. The van der Waals surface area contributed by atoms with Gasteiger partial charge in [-0.25, -0.2) is 9.13 Å². The molecule has 2 heterocycles. The molecular formula is C27H33N4+. The van der Waals surface area contributed by atoms with Crippen molar-refractivity contribution in [1.82, 2.24) is 14.4 Å². The lowest BCUT2D eigenvalue weighted by Crippen LogP contribution is -2.35. The molecule has 1 aromatic heterocycles.